The summed E-state index contributed by atoms with van der Waals surface area (Å²) in [5.74, 6) is 0.437. The van der Waals surface area contributed by atoms with Gasteiger partial charge in [0.1, 0.15) is 5.01 Å². The molecule has 1 aliphatic rings. The molecule has 0 amide bonds. The van der Waals surface area contributed by atoms with Crippen LogP contribution < -0.4 is 0 Å². The molecule has 2 heterocycles. The molecular formula is C11H15NO2S2. The molecule has 2 rings (SSSR count). The lowest BCUT2D eigenvalue weighted by atomic mass is 10.2. The van der Waals surface area contributed by atoms with E-state index in [0.717, 1.165) is 15.6 Å². The number of carboxylic acid groups (broad SMARTS) is 1. The lowest BCUT2D eigenvalue weighted by Gasteiger charge is -2.18. The maximum absolute atomic E-state index is 10.7. The fraction of sp³-hybridized carbons (Fsp3) is 0.636. The number of aromatic nitrogens is 1. The maximum Gasteiger partial charge on any atom is 0.308 e. The first-order valence-corrected chi connectivity index (χ1v) is 7.33. The zero-order valence-corrected chi connectivity index (χ0v) is 10.9. The van der Waals surface area contributed by atoms with E-state index in [2.05, 4.69) is 4.98 Å². The number of rotatable bonds is 3. The van der Waals surface area contributed by atoms with Gasteiger partial charge in [-0.3, -0.25) is 4.79 Å². The third-order valence-electron chi connectivity index (χ3n) is 2.68. The van der Waals surface area contributed by atoms with Gasteiger partial charge in [0.25, 0.3) is 0 Å². The minimum absolute atomic E-state index is 0.112. The molecule has 16 heavy (non-hydrogen) atoms. The monoisotopic (exact) mass is 257 g/mol. The van der Waals surface area contributed by atoms with Crippen molar-refractivity contribution in [3.8, 4) is 0 Å². The lowest BCUT2D eigenvalue weighted by Crippen LogP contribution is -2.01. The van der Waals surface area contributed by atoms with Crippen molar-refractivity contribution < 1.29 is 9.90 Å². The van der Waals surface area contributed by atoms with Crippen molar-refractivity contribution in [2.24, 2.45) is 0 Å². The second-order valence-corrected chi connectivity index (χ2v) is 6.41. The van der Waals surface area contributed by atoms with Gasteiger partial charge in [-0.25, -0.2) is 4.98 Å². The third kappa shape index (κ3) is 2.77. The summed E-state index contributed by atoms with van der Waals surface area (Å²) in [5.41, 5.74) is 0.897. The molecule has 0 bridgehead atoms. The van der Waals surface area contributed by atoms with Crippen LogP contribution in [-0.4, -0.2) is 21.8 Å². The number of thiazole rings is 1. The van der Waals surface area contributed by atoms with Crippen LogP contribution in [0.3, 0.4) is 0 Å². The molecule has 1 aromatic rings. The van der Waals surface area contributed by atoms with Crippen molar-refractivity contribution in [1.82, 2.24) is 4.98 Å². The molecule has 1 unspecified atom stereocenters. The Morgan fingerprint density at radius 2 is 2.38 bits per heavy atom. The number of aliphatic carboxylic acids is 1. The number of nitrogens with zero attached hydrogens (tertiary/aromatic N) is 1. The highest BCUT2D eigenvalue weighted by Crippen LogP contribution is 2.40. The average molecular weight is 257 g/mol. The normalized spacial score (nSPS) is 20.9. The van der Waals surface area contributed by atoms with Crippen LogP contribution in [0, 0.1) is 6.92 Å². The summed E-state index contributed by atoms with van der Waals surface area (Å²) in [6.07, 6.45) is 3.86. The van der Waals surface area contributed by atoms with E-state index in [-0.39, 0.29) is 6.42 Å². The van der Waals surface area contributed by atoms with E-state index in [1.807, 2.05) is 18.7 Å². The average Bonchev–Trinajstić information content (AvgIpc) is 2.61. The molecule has 0 radical (unpaired) electrons. The minimum atomic E-state index is -0.769. The largest absolute Gasteiger partial charge is 0.481 e. The topological polar surface area (TPSA) is 50.2 Å². The van der Waals surface area contributed by atoms with Crippen molar-refractivity contribution in [2.75, 3.05) is 5.75 Å². The van der Waals surface area contributed by atoms with Crippen LogP contribution >= 0.6 is 23.1 Å². The molecule has 1 fully saturated rings. The van der Waals surface area contributed by atoms with E-state index in [0.29, 0.717) is 5.25 Å². The molecule has 88 valence electrons. The number of carboxylic acids is 1. The summed E-state index contributed by atoms with van der Waals surface area (Å²) >= 11 is 3.54. The zero-order chi connectivity index (χ0) is 11.5. The number of carbonyl (C=O) groups is 1. The van der Waals surface area contributed by atoms with Crippen LogP contribution in [0.25, 0.3) is 0 Å². The molecule has 1 N–H and O–H groups in total. The minimum Gasteiger partial charge on any atom is -0.481 e. The highest BCUT2D eigenvalue weighted by molar-refractivity contribution is 7.99. The van der Waals surface area contributed by atoms with E-state index in [9.17, 15) is 4.79 Å². The number of hydrogen-bond donors (Lipinski definition) is 1. The van der Waals surface area contributed by atoms with Crippen molar-refractivity contribution in [3.63, 3.8) is 0 Å². The highest BCUT2D eigenvalue weighted by Gasteiger charge is 2.21. The van der Waals surface area contributed by atoms with Gasteiger partial charge in [0, 0.05) is 4.88 Å². The van der Waals surface area contributed by atoms with E-state index >= 15 is 0 Å². The van der Waals surface area contributed by atoms with Gasteiger partial charge in [-0.15, -0.1) is 11.3 Å². The number of thioether (sulfide) groups is 1. The standard InChI is InChI=1S/C11H15NO2S2/c1-7-9(6-10(13)14)16-11(12-7)8-4-2-3-5-15-8/h8H,2-6H2,1H3,(H,13,14). The Hall–Kier alpha value is -0.550. The van der Waals surface area contributed by atoms with Crippen LogP contribution in [0.1, 0.15) is 40.1 Å². The Morgan fingerprint density at radius 1 is 1.56 bits per heavy atom. The molecule has 5 heteroatoms. The predicted octanol–water partition coefficient (Wildman–Crippen LogP) is 3.04. The highest BCUT2D eigenvalue weighted by atomic mass is 32.2. The second-order valence-electron chi connectivity index (χ2n) is 3.99. The number of hydrogen-bond acceptors (Lipinski definition) is 4. The van der Waals surface area contributed by atoms with Crippen LogP contribution in [0.15, 0.2) is 0 Å². The van der Waals surface area contributed by atoms with E-state index < -0.39 is 5.97 Å². The summed E-state index contributed by atoms with van der Waals surface area (Å²) in [6, 6.07) is 0. The first kappa shape index (κ1) is 11.9. The Morgan fingerprint density at radius 3 is 3.00 bits per heavy atom. The fourth-order valence-corrected chi connectivity index (χ4v) is 4.43. The summed E-state index contributed by atoms with van der Waals surface area (Å²) < 4.78 is 0. The second kappa shape index (κ2) is 5.19. The summed E-state index contributed by atoms with van der Waals surface area (Å²) in [6.45, 7) is 1.91. The Bertz CT molecular complexity index is 383. The SMILES string of the molecule is Cc1nc(C2CCCCS2)sc1CC(=O)O. The quantitative estimate of drug-likeness (QED) is 0.904. The molecule has 1 atom stereocenters. The number of aryl methyl sites for hydroxylation is 1. The molecule has 0 aliphatic carbocycles. The summed E-state index contributed by atoms with van der Waals surface area (Å²) in [7, 11) is 0. The van der Waals surface area contributed by atoms with E-state index in [4.69, 9.17) is 5.11 Å². The Labute approximate surface area is 103 Å². The first-order valence-electron chi connectivity index (χ1n) is 5.46. The van der Waals surface area contributed by atoms with Gasteiger partial charge in [0.15, 0.2) is 0 Å². The van der Waals surface area contributed by atoms with Gasteiger partial charge in [-0.05, 0) is 25.5 Å². The molecule has 0 spiro atoms. The van der Waals surface area contributed by atoms with Crippen LogP contribution in [0.2, 0.25) is 0 Å². The molecule has 0 aromatic carbocycles. The smallest absolute Gasteiger partial charge is 0.308 e. The van der Waals surface area contributed by atoms with Crippen molar-refractivity contribution in [3.05, 3.63) is 15.6 Å². The Kier molecular flexibility index (Phi) is 3.86. The first-order chi connectivity index (χ1) is 7.66. The van der Waals surface area contributed by atoms with Crippen LogP contribution in [0.5, 0.6) is 0 Å². The van der Waals surface area contributed by atoms with Gasteiger partial charge >= 0.3 is 5.97 Å². The van der Waals surface area contributed by atoms with Gasteiger partial charge < -0.3 is 5.11 Å². The Balaban J connectivity index is 2.12. The fourth-order valence-electron chi connectivity index (χ4n) is 1.83. The lowest BCUT2D eigenvalue weighted by molar-refractivity contribution is -0.136. The predicted molar refractivity (Wildman–Crippen MR) is 67.2 cm³/mol. The summed E-state index contributed by atoms with van der Waals surface area (Å²) in [5, 5.41) is 10.4. The van der Waals surface area contributed by atoms with Crippen LogP contribution in [0.4, 0.5) is 0 Å². The molecule has 0 saturated carbocycles. The van der Waals surface area contributed by atoms with Crippen molar-refractivity contribution in [1.29, 1.82) is 0 Å². The van der Waals surface area contributed by atoms with Crippen molar-refractivity contribution >= 4 is 29.1 Å². The van der Waals surface area contributed by atoms with E-state index in [1.54, 1.807) is 11.3 Å². The van der Waals surface area contributed by atoms with Crippen molar-refractivity contribution in [2.45, 2.75) is 37.9 Å². The van der Waals surface area contributed by atoms with Gasteiger partial charge in [-0.2, -0.15) is 11.8 Å². The molecular weight excluding hydrogens is 242 g/mol. The molecule has 1 aliphatic heterocycles. The molecule has 1 saturated heterocycles. The van der Waals surface area contributed by atoms with Gasteiger partial charge in [0.05, 0.1) is 17.4 Å². The summed E-state index contributed by atoms with van der Waals surface area (Å²) in [4.78, 5) is 16.1. The zero-order valence-electron chi connectivity index (χ0n) is 9.23. The van der Waals surface area contributed by atoms with Gasteiger partial charge in [0.2, 0.25) is 0 Å². The van der Waals surface area contributed by atoms with E-state index in [1.165, 1.54) is 25.0 Å². The van der Waals surface area contributed by atoms with Gasteiger partial charge in [-0.1, -0.05) is 6.42 Å². The maximum atomic E-state index is 10.7. The van der Waals surface area contributed by atoms with Crippen LogP contribution in [-0.2, 0) is 11.2 Å². The molecule has 1 aromatic heterocycles. The third-order valence-corrected chi connectivity index (χ3v) is 5.48. The molecule has 3 nitrogen and oxygen atoms in total.